The highest BCUT2D eigenvalue weighted by molar-refractivity contribution is 5.81. The highest BCUT2D eigenvalue weighted by Gasteiger charge is 2.36. The molecule has 0 saturated heterocycles. The molecule has 0 bridgehead atoms. The van der Waals surface area contributed by atoms with Gasteiger partial charge in [0, 0.05) is 0 Å². The number of ether oxygens (including phenoxy) is 1. The summed E-state index contributed by atoms with van der Waals surface area (Å²) in [5.41, 5.74) is 0. The molecule has 2 unspecified atom stereocenters. The van der Waals surface area contributed by atoms with Crippen LogP contribution in [-0.4, -0.2) is 23.7 Å². The molecule has 1 aliphatic carbocycles. The average Bonchev–Trinajstić information content (AvgIpc) is 2.70. The second-order valence-electron chi connectivity index (χ2n) is 8.26. The minimum atomic E-state index is -0.867. The lowest BCUT2D eigenvalue weighted by atomic mass is 9.79. The Hall–Kier alpha value is -1.32. The number of carboxylic acids is 1. The van der Waals surface area contributed by atoms with Gasteiger partial charge in [0.2, 0.25) is 0 Å². The summed E-state index contributed by atoms with van der Waals surface area (Å²) in [6, 6.07) is 0. The van der Waals surface area contributed by atoms with Crippen molar-refractivity contribution in [2.75, 3.05) is 6.61 Å². The van der Waals surface area contributed by atoms with Crippen LogP contribution in [-0.2, 0) is 14.3 Å². The van der Waals surface area contributed by atoms with Gasteiger partial charge in [0.05, 0.1) is 11.8 Å². The molecule has 1 saturated carbocycles. The molecule has 4 nitrogen and oxygen atoms in total. The Bertz CT molecular complexity index is 444. The van der Waals surface area contributed by atoms with Gasteiger partial charge in [-0.25, -0.2) is 0 Å². The van der Waals surface area contributed by atoms with E-state index in [4.69, 9.17) is 4.74 Å². The Balaban J connectivity index is 1.95. The number of aliphatic carboxylic acids is 1. The van der Waals surface area contributed by atoms with Gasteiger partial charge >= 0.3 is 11.9 Å². The highest BCUT2D eigenvalue weighted by Crippen LogP contribution is 2.31. The second kappa shape index (κ2) is 16.6. The third-order valence-electron chi connectivity index (χ3n) is 5.85. The van der Waals surface area contributed by atoms with Crippen LogP contribution in [0.2, 0.25) is 0 Å². The molecule has 28 heavy (non-hydrogen) atoms. The predicted molar refractivity (Wildman–Crippen MR) is 114 cm³/mol. The van der Waals surface area contributed by atoms with Crippen LogP contribution in [0.25, 0.3) is 0 Å². The summed E-state index contributed by atoms with van der Waals surface area (Å²) in [6.07, 6.45) is 22.8. The van der Waals surface area contributed by atoms with Crippen molar-refractivity contribution in [3.05, 3.63) is 12.2 Å². The molecule has 0 amide bonds. The van der Waals surface area contributed by atoms with Gasteiger partial charge in [0.15, 0.2) is 0 Å². The summed E-state index contributed by atoms with van der Waals surface area (Å²) < 4.78 is 5.28. The van der Waals surface area contributed by atoms with Gasteiger partial charge in [-0.1, -0.05) is 96.1 Å². The summed E-state index contributed by atoms with van der Waals surface area (Å²) in [7, 11) is 0. The summed E-state index contributed by atoms with van der Waals surface area (Å²) in [4.78, 5) is 23.4. The van der Waals surface area contributed by atoms with Gasteiger partial charge in [-0.2, -0.15) is 0 Å². The molecule has 1 rings (SSSR count). The smallest absolute Gasteiger partial charge is 0.310 e. The van der Waals surface area contributed by atoms with E-state index in [1.54, 1.807) is 0 Å². The van der Waals surface area contributed by atoms with Gasteiger partial charge in [-0.05, 0) is 25.7 Å². The number of carboxylic acid groups (broad SMARTS) is 1. The zero-order valence-corrected chi connectivity index (χ0v) is 18.0. The van der Waals surface area contributed by atoms with E-state index in [0.717, 1.165) is 19.3 Å². The Morgan fingerprint density at radius 3 is 1.93 bits per heavy atom. The van der Waals surface area contributed by atoms with Crippen molar-refractivity contribution in [3.63, 3.8) is 0 Å². The van der Waals surface area contributed by atoms with E-state index in [-0.39, 0.29) is 12.6 Å². The normalized spacial score (nSPS) is 19.8. The highest BCUT2D eigenvalue weighted by atomic mass is 16.5. The van der Waals surface area contributed by atoms with Crippen molar-refractivity contribution in [3.8, 4) is 0 Å². The van der Waals surface area contributed by atoms with Crippen LogP contribution in [0.15, 0.2) is 12.2 Å². The lowest BCUT2D eigenvalue weighted by molar-refractivity contribution is -0.158. The molecule has 1 fully saturated rings. The summed E-state index contributed by atoms with van der Waals surface area (Å²) in [6.45, 7) is 2.52. The standard InChI is InChI=1S/C24H42O4/c1-2-3-4-5-6-7-8-9-10-11-12-13-14-17-20-28-24(27)22-19-16-15-18-21(22)23(25)26/h14,17,21-22H,2-13,15-16,18-20H2,1H3,(H,25,26)/b17-14+. The molecule has 2 atom stereocenters. The topological polar surface area (TPSA) is 63.6 Å². The maximum absolute atomic E-state index is 12.1. The zero-order chi connectivity index (χ0) is 20.5. The molecule has 0 aromatic carbocycles. The van der Waals surface area contributed by atoms with E-state index in [2.05, 4.69) is 13.0 Å². The number of carbonyl (C=O) groups is 2. The number of unbranched alkanes of at least 4 members (excludes halogenated alkanes) is 11. The number of allylic oxidation sites excluding steroid dienone is 1. The number of rotatable bonds is 16. The Kier molecular flexibility index (Phi) is 14.7. The van der Waals surface area contributed by atoms with Gasteiger partial charge in [0.25, 0.3) is 0 Å². The molecule has 0 radical (unpaired) electrons. The summed E-state index contributed by atoms with van der Waals surface area (Å²) in [5.74, 6) is -2.24. The van der Waals surface area contributed by atoms with Crippen molar-refractivity contribution in [1.82, 2.24) is 0 Å². The van der Waals surface area contributed by atoms with Gasteiger partial charge < -0.3 is 9.84 Å². The van der Waals surface area contributed by atoms with Gasteiger partial charge in [0.1, 0.15) is 6.61 Å². The average molecular weight is 395 g/mol. The molecule has 1 N–H and O–H groups in total. The maximum atomic E-state index is 12.1. The first kappa shape index (κ1) is 24.7. The predicted octanol–water partition coefficient (Wildman–Crippen LogP) is 6.68. The minimum Gasteiger partial charge on any atom is -0.481 e. The molecule has 0 heterocycles. The SMILES string of the molecule is CCCCCCCCCCCCC/C=C/COC(=O)C1CCCCC1C(=O)O. The first-order chi connectivity index (χ1) is 13.7. The first-order valence-corrected chi connectivity index (χ1v) is 11.7. The van der Waals surface area contributed by atoms with Crippen LogP contribution < -0.4 is 0 Å². The van der Waals surface area contributed by atoms with Crippen LogP contribution >= 0.6 is 0 Å². The fourth-order valence-electron chi connectivity index (χ4n) is 4.06. The third kappa shape index (κ3) is 11.5. The molecule has 162 valence electrons. The number of carbonyl (C=O) groups excluding carboxylic acids is 1. The van der Waals surface area contributed by atoms with E-state index in [9.17, 15) is 14.7 Å². The molecule has 1 aliphatic rings. The van der Waals surface area contributed by atoms with Crippen LogP contribution in [0, 0.1) is 11.8 Å². The Labute approximate surface area is 172 Å². The molecule has 0 aromatic rings. The number of hydrogen-bond donors (Lipinski definition) is 1. The fourth-order valence-corrected chi connectivity index (χ4v) is 4.06. The van der Waals surface area contributed by atoms with Crippen molar-refractivity contribution in [2.24, 2.45) is 11.8 Å². The molecule has 0 aromatic heterocycles. The zero-order valence-electron chi connectivity index (χ0n) is 18.0. The van der Waals surface area contributed by atoms with Crippen molar-refractivity contribution < 1.29 is 19.4 Å². The van der Waals surface area contributed by atoms with E-state index in [1.165, 1.54) is 70.6 Å². The van der Waals surface area contributed by atoms with Gasteiger partial charge in [-0.3, -0.25) is 9.59 Å². The van der Waals surface area contributed by atoms with Crippen molar-refractivity contribution >= 4 is 11.9 Å². The van der Waals surface area contributed by atoms with Gasteiger partial charge in [-0.15, -0.1) is 0 Å². The third-order valence-corrected chi connectivity index (χ3v) is 5.85. The Morgan fingerprint density at radius 2 is 1.36 bits per heavy atom. The molecular formula is C24H42O4. The lowest BCUT2D eigenvalue weighted by Gasteiger charge is -2.26. The van der Waals surface area contributed by atoms with Crippen LogP contribution in [0.1, 0.15) is 110 Å². The second-order valence-corrected chi connectivity index (χ2v) is 8.26. The van der Waals surface area contributed by atoms with E-state index < -0.39 is 17.8 Å². The lowest BCUT2D eigenvalue weighted by Crippen LogP contribution is -2.33. The fraction of sp³-hybridized carbons (Fsp3) is 0.833. The molecule has 0 spiro atoms. The van der Waals surface area contributed by atoms with Crippen LogP contribution in [0.4, 0.5) is 0 Å². The summed E-state index contributed by atoms with van der Waals surface area (Å²) >= 11 is 0. The maximum Gasteiger partial charge on any atom is 0.310 e. The molecular weight excluding hydrogens is 352 g/mol. The minimum absolute atomic E-state index is 0.264. The van der Waals surface area contributed by atoms with Crippen molar-refractivity contribution in [2.45, 2.75) is 110 Å². The van der Waals surface area contributed by atoms with E-state index >= 15 is 0 Å². The number of hydrogen-bond acceptors (Lipinski definition) is 3. The number of esters is 1. The molecule has 4 heteroatoms. The van der Waals surface area contributed by atoms with Crippen LogP contribution in [0.3, 0.4) is 0 Å². The first-order valence-electron chi connectivity index (χ1n) is 11.7. The monoisotopic (exact) mass is 394 g/mol. The molecule has 0 aliphatic heterocycles. The van der Waals surface area contributed by atoms with Crippen molar-refractivity contribution in [1.29, 1.82) is 0 Å². The quantitative estimate of drug-likeness (QED) is 0.180. The van der Waals surface area contributed by atoms with E-state index in [0.29, 0.717) is 12.8 Å². The van der Waals surface area contributed by atoms with E-state index in [1.807, 2.05) is 6.08 Å². The van der Waals surface area contributed by atoms with Crippen LogP contribution in [0.5, 0.6) is 0 Å². The summed E-state index contributed by atoms with van der Waals surface area (Å²) in [5, 5.41) is 9.24. The largest absolute Gasteiger partial charge is 0.481 e. The Morgan fingerprint density at radius 1 is 0.821 bits per heavy atom.